The van der Waals surface area contributed by atoms with Crippen molar-refractivity contribution in [3.05, 3.63) is 17.9 Å². The molecule has 3 aliphatic rings. The van der Waals surface area contributed by atoms with E-state index < -0.39 is 17.8 Å². The SMILES string of the molecule is CC(N)CO.CN(C)c1c(N(C=O)C2CCC(=O)NC2=O)ccc(N2CCN(CC3CCCCC3)CC2)c1F. The van der Waals surface area contributed by atoms with Crippen molar-refractivity contribution in [1.29, 1.82) is 0 Å². The van der Waals surface area contributed by atoms with E-state index in [1.54, 1.807) is 38.1 Å². The van der Waals surface area contributed by atoms with Gasteiger partial charge in [-0.3, -0.25) is 24.6 Å². The lowest BCUT2D eigenvalue weighted by atomic mass is 9.89. The number of aliphatic hydroxyl groups is 1. The topological polar surface area (TPSA) is 122 Å². The van der Waals surface area contributed by atoms with E-state index in [-0.39, 0.29) is 37.1 Å². The average Bonchev–Trinajstić information content (AvgIpc) is 2.91. The summed E-state index contributed by atoms with van der Waals surface area (Å²) >= 11 is 0. The van der Waals surface area contributed by atoms with Crippen LogP contribution in [0.5, 0.6) is 0 Å². The minimum atomic E-state index is -0.845. The molecule has 4 rings (SSSR count). The first kappa shape index (κ1) is 30.8. The predicted octanol–water partition coefficient (Wildman–Crippen LogP) is 1.69. The zero-order chi connectivity index (χ0) is 28.5. The molecule has 10 nitrogen and oxygen atoms in total. The number of halogens is 1. The maximum Gasteiger partial charge on any atom is 0.249 e. The Morgan fingerprint density at radius 2 is 1.77 bits per heavy atom. The van der Waals surface area contributed by atoms with Gasteiger partial charge in [-0.2, -0.15) is 0 Å². The van der Waals surface area contributed by atoms with E-state index in [4.69, 9.17) is 10.8 Å². The first-order valence-corrected chi connectivity index (χ1v) is 14.1. The number of piperazine rings is 1. The summed E-state index contributed by atoms with van der Waals surface area (Å²) in [5, 5.41) is 10.3. The van der Waals surface area contributed by atoms with Crippen LogP contribution in [0, 0.1) is 11.7 Å². The molecule has 3 amide bonds. The standard InChI is InChI=1S/C25H36FN5O3.C3H9NO/c1-28(2)24-20(31(17-32)21-10-11-22(33)27-25(21)34)9-8-19(23(24)26)30-14-12-29(13-15-30)16-18-6-4-3-5-7-18;1-3(4)2-5/h8-9,17-18,21H,3-7,10-16H2,1-2H3,(H,27,33,34);3,5H,2,4H2,1H3. The van der Waals surface area contributed by atoms with E-state index in [1.165, 1.54) is 37.0 Å². The van der Waals surface area contributed by atoms with Gasteiger partial charge in [-0.1, -0.05) is 19.3 Å². The highest BCUT2D eigenvalue weighted by Gasteiger charge is 2.34. The summed E-state index contributed by atoms with van der Waals surface area (Å²) in [5.74, 6) is -0.503. The fraction of sp³-hybridized carbons (Fsp3) is 0.679. The molecule has 1 saturated carbocycles. The van der Waals surface area contributed by atoms with Crippen molar-refractivity contribution >= 4 is 35.3 Å². The third-order valence-electron chi connectivity index (χ3n) is 7.70. The van der Waals surface area contributed by atoms with E-state index >= 15 is 4.39 Å². The minimum absolute atomic E-state index is 0.0602. The van der Waals surface area contributed by atoms with Gasteiger partial charge in [-0.15, -0.1) is 0 Å². The lowest BCUT2D eigenvalue weighted by molar-refractivity contribution is -0.134. The van der Waals surface area contributed by atoms with Crippen LogP contribution in [0.4, 0.5) is 21.5 Å². The van der Waals surface area contributed by atoms with Crippen LogP contribution >= 0.6 is 0 Å². The molecule has 218 valence electrons. The maximum absolute atomic E-state index is 15.9. The van der Waals surface area contributed by atoms with E-state index in [9.17, 15) is 14.4 Å². The number of imide groups is 1. The van der Waals surface area contributed by atoms with E-state index in [1.807, 2.05) is 0 Å². The summed E-state index contributed by atoms with van der Waals surface area (Å²) in [6.07, 6.45) is 7.58. The molecule has 2 unspecified atom stereocenters. The fourth-order valence-electron chi connectivity index (χ4n) is 5.57. The highest BCUT2D eigenvalue weighted by atomic mass is 19.1. The Labute approximate surface area is 231 Å². The predicted molar refractivity (Wildman–Crippen MR) is 151 cm³/mol. The van der Waals surface area contributed by atoms with Crippen molar-refractivity contribution in [2.45, 2.75) is 64.0 Å². The Morgan fingerprint density at radius 3 is 2.31 bits per heavy atom. The number of benzene rings is 1. The molecule has 2 saturated heterocycles. The van der Waals surface area contributed by atoms with Crippen molar-refractivity contribution in [2.24, 2.45) is 11.7 Å². The van der Waals surface area contributed by atoms with Crippen LogP contribution in [0.3, 0.4) is 0 Å². The molecule has 0 spiro atoms. The number of carbonyl (C=O) groups is 3. The molecule has 1 aromatic carbocycles. The molecular weight excluding hydrogens is 503 g/mol. The summed E-state index contributed by atoms with van der Waals surface area (Å²) in [5.41, 5.74) is 6.14. The molecule has 2 atom stereocenters. The van der Waals surface area contributed by atoms with Gasteiger partial charge in [-0.25, -0.2) is 4.39 Å². The number of hydrogen-bond donors (Lipinski definition) is 3. The number of hydrogen-bond acceptors (Lipinski definition) is 8. The molecule has 0 aromatic heterocycles. The van der Waals surface area contributed by atoms with Crippen LogP contribution in [0.25, 0.3) is 0 Å². The number of nitrogens with zero attached hydrogens (tertiary/aromatic N) is 4. The van der Waals surface area contributed by atoms with Gasteiger partial charge in [0.25, 0.3) is 0 Å². The molecule has 11 heteroatoms. The molecule has 0 bridgehead atoms. The smallest absolute Gasteiger partial charge is 0.249 e. The first-order valence-electron chi connectivity index (χ1n) is 14.1. The third kappa shape index (κ3) is 8.12. The number of piperidine rings is 1. The largest absolute Gasteiger partial charge is 0.395 e. The lowest BCUT2D eigenvalue weighted by Crippen LogP contribution is -2.52. The van der Waals surface area contributed by atoms with E-state index in [2.05, 4.69) is 15.1 Å². The molecule has 1 aromatic rings. The van der Waals surface area contributed by atoms with Crippen LogP contribution in [0.15, 0.2) is 12.1 Å². The normalized spacial score (nSPS) is 21.5. The molecule has 1 aliphatic carbocycles. The Kier molecular flexibility index (Phi) is 11.5. The van der Waals surface area contributed by atoms with Gasteiger partial charge in [0.1, 0.15) is 6.04 Å². The zero-order valence-electron chi connectivity index (χ0n) is 23.6. The summed E-state index contributed by atoms with van der Waals surface area (Å²) in [7, 11) is 3.45. The second kappa shape index (κ2) is 14.6. The van der Waals surface area contributed by atoms with Gasteiger partial charge in [0, 0.05) is 59.3 Å². The molecule has 39 heavy (non-hydrogen) atoms. The number of nitrogens with two attached hydrogens (primary N) is 1. The van der Waals surface area contributed by atoms with Gasteiger partial charge in [0.05, 0.1) is 23.7 Å². The van der Waals surface area contributed by atoms with Crippen LogP contribution in [0.2, 0.25) is 0 Å². The molecular formula is C28H45FN6O4. The fourth-order valence-corrected chi connectivity index (χ4v) is 5.57. The molecule has 2 heterocycles. The second-order valence-electron chi connectivity index (χ2n) is 11.1. The maximum atomic E-state index is 15.9. The highest BCUT2D eigenvalue weighted by Crippen LogP contribution is 2.38. The number of anilines is 3. The summed E-state index contributed by atoms with van der Waals surface area (Å²) in [4.78, 5) is 43.4. The van der Waals surface area contributed by atoms with Gasteiger partial charge >= 0.3 is 0 Å². The molecule has 4 N–H and O–H groups in total. The van der Waals surface area contributed by atoms with E-state index in [0.29, 0.717) is 17.8 Å². The summed E-state index contributed by atoms with van der Waals surface area (Å²) < 4.78 is 15.9. The average molecular weight is 549 g/mol. The molecule has 2 aliphatic heterocycles. The van der Waals surface area contributed by atoms with Crippen molar-refractivity contribution < 1.29 is 23.9 Å². The van der Waals surface area contributed by atoms with Crippen molar-refractivity contribution in [3.63, 3.8) is 0 Å². The van der Waals surface area contributed by atoms with Crippen LogP contribution in [0.1, 0.15) is 51.9 Å². The summed E-state index contributed by atoms with van der Waals surface area (Å²) in [6, 6.07) is 2.51. The Hall–Kier alpha value is -2.76. The van der Waals surface area contributed by atoms with Crippen molar-refractivity contribution in [3.8, 4) is 0 Å². The quantitative estimate of drug-likeness (QED) is 0.331. The van der Waals surface area contributed by atoms with Crippen LogP contribution < -0.4 is 25.8 Å². The Bertz CT molecular complexity index is 977. The molecule has 0 radical (unpaired) electrons. The second-order valence-corrected chi connectivity index (χ2v) is 11.1. The third-order valence-corrected chi connectivity index (χ3v) is 7.70. The monoisotopic (exact) mass is 548 g/mol. The van der Waals surface area contributed by atoms with Crippen molar-refractivity contribution in [2.75, 3.05) is 68.1 Å². The number of aliphatic hydroxyl groups excluding tert-OH is 1. The Balaban J connectivity index is 0.000000771. The van der Waals surface area contributed by atoms with Crippen LogP contribution in [-0.4, -0.2) is 93.7 Å². The Morgan fingerprint density at radius 1 is 1.13 bits per heavy atom. The van der Waals surface area contributed by atoms with E-state index in [0.717, 1.165) is 38.6 Å². The van der Waals surface area contributed by atoms with Gasteiger partial charge in [0.2, 0.25) is 18.2 Å². The zero-order valence-corrected chi connectivity index (χ0v) is 23.6. The van der Waals surface area contributed by atoms with Gasteiger partial charge < -0.3 is 25.5 Å². The van der Waals surface area contributed by atoms with Crippen LogP contribution in [-0.2, 0) is 14.4 Å². The van der Waals surface area contributed by atoms with Gasteiger partial charge in [0.15, 0.2) is 5.82 Å². The molecule has 3 fully saturated rings. The highest BCUT2D eigenvalue weighted by molar-refractivity contribution is 6.04. The van der Waals surface area contributed by atoms with Gasteiger partial charge in [-0.05, 0) is 44.2 Å². The number of nitrogens with one attached hydrogen (secondary N) is 1. The van der Waals surface area contributed by atoms with Crippen molar-refractivity contribution in [1.82, 2.24) is 10.2 Å². The summed E-state index contributed by atoms with van der Waals surface area (Å²) in [6.45, 7) is 6.29. The number of rotatable bonds is 8. The first-order chi connectivity index (χ1) is 18.7. The minimum Gasteiger partial charge on any atom is -0.395 e. The number of amides is 3. The lowest BCUT2D eigenvalue weighted by Gasteiger charge is -2.39. The number of carbonyl (C=O) groups excluding carboxylic acids is 3.